The van der Waals surface area contributed by atoms with E-state index in [4.69, 9.17) is 10.5 Å². The maximum atomic E-state index is 5.30. The first-order valence-corrected chi connectivity index (χ1v) is 3.63. The van der Waals surface area contributed by atoms with Crippen LogP contribution in [0.25, 0.3) is 0 Å². The summed E-state index contributed by atoms with van der Waals surface area (Å²) in [7, 11) is 0. The van der Waals surface area contributed by atoms with Crippen molar-refractivity contribution in [3.05, 3.63) is 11.6 Å². The Morgan fingerprint density at radius 1 is 1.60 bits per heavy atom. The number of hydrogen-bond donors (Lipinski definition) is 1. The summed E-state index contributed by atoms with van der Waals surface area (Å²) < 4.78 is 5.30. The number of ether oxygens (including phenoxy) is 1. The van der Waals surface area contributed by atoms with Gasteiger partial charge in [-0.15, -0.1) is 0 Å². The van der Waals surface area contributed by atoms with Crippen molar-refractivity contribution in [3.63, 3.8) is 0 Å². The van der Waals surface area contributed by atoms with Crippen LogP contribution in [-0.2, 0) is 4.74 Å². The number of hydrogen-bond acceptors (Lipinski definition) is 2. The molecule has 60 valence electrons. The van der Waals surface area contributed by atoms with E-state index in [1.165, 1.54) is 5.57 Å². The minimum atomic E-state index is 0.202. The summed E-state index contributed by atoms with van der Waals surface area (Å²) in [6.45, 7) is 7.37. The van der Waals surface area contributed by atoms with E-state index in [1.807, 2.05) is 6.92 Å². The zero-order valence-corrected chi connectivity index (χ0v) is 7.05. The first-order chi connectivity index (χ1) is 4.66. The highest BCUT2D eigenvalue weighted by atomic mass is 16.5. The molecule has 0 fully saturated rings. The average Bonchev–Trinajstić information content (AvgIpc) is 1.82. The molecule has 0 aromatic heterocycles. The van der Waals surface area contributed by atoms with Crippen LogP contribution in [-0.4, -0.2) is 19.3 Å². The summed E-state index contributed by atoms with van der Waals surface area (Å²) in [6, 6.07) is 0. The van der Waals surface area contributed by atoms with Gasteiger partial charge in [0.25, 0.3) is 0 Å². The molecule has 0 aliphatic rings. The smallest absolute Gasteiger partial charge is 0.0730 e. The Morgan fingerprint density at radius 2 is 2.20 bits per heavy atom. The average molecular weight is 143 g/mol. The summed E-state index contributed by atoms with van der Waals surface area (Å²) >= 11 is 0. The van der Waals surface area contributed by atoms with Crippen LogP contribution in [0, 0.1) is 0 Å². The highest BCUT2D eigenvalue weighted by Crippen LogP contribution is 1.97. The van der Waals surface area contributed by atoms with E-state index < -0.39 is 0 Å². The molecule has 1 atom stereocenters. The SMILES string of the molecule is CC(C)=CC(C)OCCN. The molecule has 0 spiro atoms. The van der Waals surface area contributed by atoms with Gasteiger partial charge < -0.3 is 10.5 Å². The lowest BCUT2D eigenvalue weighted by atomic mass is 10.2. The van der Waals surface area contributed by atoms with Crippen LogP contribution in [0.5, 0.6) is 0 Å². The summed E-state index contributed by atoms with van der Waals surface area (Å²) in [6.07, 6.45) is 2.28. The van der Waals surface area contributed by atoms with Crippen molar-refractivity contribution in [2.24, 2.45) is 5.73 Å². The minimum absolute atomic E-state index is 0.202. The lowest BCUT2D eigenvalue weighted by Crippen LogP contribution is -2.13. The van der Waals surface area contributed by atoms with Gasteiger partial charge in [0.1, 0.15) is 0 Å². The number of allylic oxidation sites excluding steroid dienone is 1. The molecule has 0 aromatic carbocycles. The second-order valence-corrected chi connectivity index (χ2v) is 2.61. The molecule has 2 nitrogen and oxygen atoms in total. The monoisotopic (exact) mass is 143 g/mol. The Morgan fingerprint density at radius 3 is 2.60 bits per heavy atom. The van der Waals surface area contributed by atoms with Crippen molar-refractivity contribution in [3.8, 4) is 0 Å². The highest BCUT2D eigenvalue weighted by Gasteiger charge is 1.94. The van der Waals surface area contributed by atoms with Gasteiger partial charge in [-0.25, -0.2) is 0 Å². The van der Waals surface area contributed by atoms with Crippen molar-refractivity contribution in [2.45, 2.75) is 26.9 Å². The van der Waals surface area contributed by atoms with Crippen molar-refractivity contribution >= 4 is 0 Å². The van der Waals surface area contributed by atoms with E-state index >= 15 is 0 Å². The fourth-order valence-electron chi connectivity index (χ4n) is 0.771. The van der Waals surface area contributed by atoms with E-state index in [9.17, 15) is 0 Å². The van der Waals surface area contributed by atoms with Crippen LogP contribution in [0.2, 0.25) is 0 Å². The summed E-state index contributed by atoms with van der Waals surface area (Å²) in [4.78, 5) is 0. The zero-order chi connectivity index (χ0) is 7.98. The van der Waals surface area contributed by atoms with Crippen molar-refractivity contribution in [1.29, 1.82) is 0 Å². The third kappa shape index (κ3) is 5.79. The number of rotatable bonds is 4. The van der Waals surface area contributed by atoms with Crippen LogP contribution in [0.4, 0.5) is 0 Å². The maximum absolute atomic E-state index is 5.30. The maximum Gasteiger partial charge on any atom is 0.0730 e. The minimum Gasteiger partial charge on any atom is -0.373 e. The first-order valence-electron chi connectivity index (χ1n) is 3.63. The molecule has 0 saturated carbocycles. The Kier molecular flexibility index (Phi) is 5.26. The van der Waals surface area contributed by atoms with Crippen molar-refractivity contribution in [2.75, 3.05) is 13.2 Å². The van der Waals surface area contributed by atoms with Crippen LogP contribution in [0.1, 0.15) is 20.8 Å². The fraction of sp³-hybridized carbons (Fsp3) is 0.750. The van der Waals surface area contributed by atoms with Gasteiger partial charge in [0.15, 0.2) is 0 Å². The standard InChI is InChI=1S/C8H17NO/c1-7(2)6-8(3)10-5-4-9/h6,8H,4-5,9H2,1-3H3. The topological polar surface area (TPSA) is 35.2 Å². The van der Waals surface area contributed by atoms with Crippen LogP contribution in [0.15, 0.2) is 11.6 Å². The highest BCUT2D eigenvalue weighted by molar-refractivity contribution is 4.96. The molecule has 0 aliphatic heterocycles. The molecular formula is C8H17NO. The van der Waals surface area contributed by atoms with Gasteiger partial charge in [-0.05, 0) is 20.8 Å². The van der Waals surface area contributed by atoms with Gasteiger partial charge in [0.2, 0.25) is 0 Å². The predicted molar refractivity (Wildman–Crippen MR) is 43.9 cm³/mol. The van der Waals surface area contributed by atoms with Crippen molar-refractivity contribution < 1.29 is 4.74 Å². The van der Waals surface area contributed by atoms with E-state index in [2.05, 4.69) is 19.9 Å². The van der Waals surface area contributed by atoms with Gasteiger partial charge in [-0.2, -0.15) is 0 Å². The van der Waals surface area contributed by atoms with E-state index in [0.29, 0.717) is 13.2 Å². The predicted octanol–water partition coefficient (Wildman–Crippen LogP) is 1.32. The summed E-state index contributed by atoms with van der Waals surface area (Å²) in [5.41, 5.74) is 6.54. The molecule has 1 unspecified atom stereocenters. The quantitative estimate of drug-likeness (QED) is 0.602. The van der Waals surface area contributed by atoms with Gasteiger partial charge in [0.05, 0.1) is 12.7 Å². The van der Waals surface area contributed by atoms with Gasteiger partial charge >= 0.3 is 0 Å². The van der Waals surface area contributed by atoms with Crippen molar-refractivity contribution in [1.82, 2.24) is 0 Å². The lowest BCUT2D eigenvalue weighted by Gasteiger charge is -2.07. The molecule has 2 N–H and O–H groups in total. The molecule has 0 amide bonds. The third-order valence-corrected chi connectivity index (χ3v) is 1.07. The van der Waals surface area contributed by atoms with Crippen LogP contribution < -0.4 is 5.73 Å². The molecule has 2 heteroatoms. The third-order valence-electron chi connectivity index (χ3n) is 1.07. The molecule has 0 rings (SSSR count). The normalized spacial score (nSPS) is 12.8. The number of nitrogens with two attached hydrogens (primary N) is 1. The Bertz CT molecular complexity index is 106. The largest absolute Gasteiger partial charge is 0.373 e. The molecule has 0 saturated heterocycles. The van der Waals surface area contributed by atoms with E-state index in [-0.39, 0.29) is 6.10 Å². The van der Waals surface area contributed by atoms with E-state index in [1.54, 1.807) is 0 Å². The van der Waals surface area contributed by atoms with E-state index in [0.717, 1.165) is 0 Å². The molecule has 0 bridgehead atoms. The van der Waals surface area contributed by atoms with Crippen LogP contribution >= 0.6 is 0 Å². The summed E-state index contributed by atoms with van der Waals surface area (Å²) in [5.74, 6) is 0. The fourth-order valence-corrected chi connectivity index (χ4v) is 0.771. The van der Waals surface area contributed by atoms with Crippen LogP contribution in [0.3, 0.4) is 0 Å². The second-order valence-electron chi connectivity index (χ2n) is 2.61. The molecular weight excluding hydrogens is 126 g/mol. The van der Waals surface area contributed by atoms with Gasteiger partial charge in [-0.1, -0.05) is 11.6 Å². The Hall–Kier alpha value is -0.340. The molecule has 0 aliphatic carbocycles. The van der Waals surface area contributed by atoms with Gasteiger partial charge in [-0.3, -0.25) is 0 Å². The molecule has 0 aromatic rings. The molecule has 0 radical (unpaired) electrons. The summed E-state index contributed by atoms with van der Waals surface area (Å²) in [5, 5.41) is 0. The lowest BCUT2D eigenvalue weighted by molar-refractivity contribution is 0.104. The Labute approximate surface area is 63.1 Å². The molecule has 0 heterocycles. The second kappa shape index (κ2) is 5.45. The Balaban J connectivity index is 3.43. The first kappa shape index (κ1) is 9.66. The molecule has 10 heavy (non-hydrogen) atoms. The zero-order valence-electron chi connectivity index (χ0n) is 7.05. The van der Waals surface area contributed by atoms with Gasteiger partial charge in [0, 0.05) is 6.54 Å².